The van der Waals surface area contributed by atoms with Gasteiger partial charge in [0, 0.05) is 5.69 Å². The van der Waals surface area contributed by atoms with E-state index in [4.69, 9.17) is 51.1 Å². The lowest BCUT2D eigenvalue weighted by Gasteiger charge is -2.28. The second-order valence-corrected chi connectivity index (χ2v) is 9.97. The molecule has 1 aliphatic heterocycles. The number of ether oxygens (including phenoxy) is 1. The molecule has 1 saturated carbocycles. The zero-order valence-electron chi connectivity index (χ0n) is 17.5. The third-order valence-electron chi connectivity index (χ3n) is 5.79. The zero-order chi connectivity index (χ0) is 24.6. The molecule has 1 N–H and O–H groups in total. The molecule has 3 amide bonds. The van der Waals surface area contributed by atoms with Crippen molar-refractivity contribution in [3.05, 3.63) is 58.1 Å². The lowest BCUT2D eigenvalue weighted by Crippen LogP contribution is -2.34. The van der Waals surface area contributed by atoms with Crippen LogP contribution >= 0.6 is 46.4 Å². The van der Waals surface area contributed by atoms with Crippen LogP contribution in [0.15, 0.2) is 42.5 Å². The van der Waals surface area contributed by atoms with E-state index in [2.05, 4.69) is 5.32 Å². The number of hydrogen-bond donors (Lipinski definition) is 1. The minimum atomic E-state index is -0.788. The lowest BCUT2D eigenvalue weighted by molar-refractivity contribution is -0.122. The van der Waals surface area contributed by atoms with Crippen molar-refractivity contribution < 1.29 is 23.9 Å². The maximum atomic E-state index is 12.9. The summed E-state index contributed by atoms with van der Waals surface area (Å²) in [6, 6.07) is 10.5. The Hall–Kier alpha value is -2.32. The van der Waals surface area contributed by atoms with Crippen LogP contribution in [0.5, 0.6) is 0 Å². The number of carbonyl (C=O) groups is 4. The molecule has 2 fully saturated rings. The number of rotatable bonds is 5. The van der Waals surface area contributed by atoms with E-state index < -0.39 is 41.1 Å². The number of benzene rings is 2. The number of amides is 3. The molecule has 2 aromatic carbocycles. The Bertz CT molecular complexity index is 1150. The number of carbonyl (C=O) groups excluding carboxylic acids is 4. The van der Waals surface area contributed by atoms with Crippen molar-refractivity contribution in [1.82, 2.24) is 0 Å². The molecule has 0 aromatic heterocycles. The maximum absolute atomic E-state index is 12.9. The predicted molar refractivity (Wildman–Crippen MR) is 130 cm³/mol. The SMILES string of the molecule is O=C(COC(=O)c1cccc(N2C(=O)[C@@H]3C[C@H](Cl)[C@@H](Cl)C[C@H]3C2=O)c1)Nc1ccc(Cl)c(Cl)c1. The highest BCUT2D eigenvalue weighted by Crippen LogP contribution is 2.43. The molecule has 178 valence electrons. The van der Waals surface area contributed by atoms with Crippen LogP contribution < -0.4 is 10.2 Å². The molecule has 0 spiro atoms. The van der Waals surface area contributed by atoms with E-state index in [1.807, 2.05) is 0 Å². The maximum Gasteiger partial charge on any atom is 0.338 e. The second-order valence-electron chi connectivity index (χ2n) is 8.03. The summed E-state index contributed by atoms with van der Waals surface area (Å²) in [5, 5.41) is 2.36. The molecule has 7 nitrogen and oxygen atoms in total. The van der Waals surface area contributed by atoms with Crippen molar-refractivity contribution in [2.45, 2.75) is 23.6 Å². The molecule has 2 aliphatic rings. The Morgan fingerprint density at radius 2 is 1.59 bits per heavy atom. The van der Waals surface area contributed by atoms with Gasteiger partial charge in [-0.3, -0.25) is 19.3 Å². The summed E-state index contributed by atoms with van der Waals surface area (Å²) in [5.74, 6) is -3.17. The summed E-state index contributed by atoms with van der Waals surface area (Å²) in [6.45, 7) is -0.552. The van der Waals surface area contributed by atoms with Crippen molar-refractivity contribution in [1.29, 1.82) is 0 Å². The summed E-state index contributed by atoms with van der Waals surface area (Å²) in [7, 11) is 0. The molecule has 1 aliphatic carbocycles. The molecule has 4 atom stereocenters. The summed E-state index contributed by atoms with van der Waals surface area (Å²) in [5.41, 5.74) is 0.723. The van der Waals surface area contributed by atoms with Gasteiger partial charge in [0.2, 0.25) is 11.8 Å². The van der Waals surface area contributed by atoms with Crippen LogP contribution in [0.2, 0.25) is 10.0 Å². The third-order valence-corrected chi connectivity index (χ3v) is 7.62. The van der Waals surface area contributed by atoms with E-state index in [1.165, 1.54) is 30.3 Å². The van der Waals surface area contributed by atoms with Gasteiger partial charge in [-0.15, -0.1) is 23.2 Å². The van der Waals surface area contributed by atoms with Crippen LogP contribution in [0.1, 0.15) is 23.2 Å². The van der Waals surface area contributed by atoms with Gasteiger partial charge in [-0.2, -0.15) is 0 Å². The van der Waals surface area contributed by atoms with Crippen molar-refractivity contribution in [2.75, 3.05) is 16.8 Å². The van der Waals surface area contributed by atoms with Gasteiger partial charge in [0.25, 0.3) is 5.91 Å². The van der Waals surface area contributed by atoms with Crippen molar-refractivity contribution in [3.8, 4) is 0 Å². The largest absolute Gasteiger partial charge is 0.452 e. The number of nitrogens with one attached hydrogen (secondary N) is 1. The summed E-state index contributed by atoms with van der Waals surface area (Å²) in [4.78, 5) is 51.6. The minimum absolute atomic E-state index is 0.0840. The van der Waals surface area contributed by atoms with Crippen molar-refractivity contribution in [3.63, 3.8) is 0 Å². The van der Waals surface area contributed by atoms with Crippen LogP contribution in [0.25, 0.3) is 0 Å². The van der Waals surface area contributed by atoms with Gasteiger partial charge in [-0.25, -0.2) is 4.79 Å². The molecule has 1 saturated heterocycles. The fourth-order valence-electron chi connectivity index (χ4n) is 4.11. The molecule has 0 radical (unpaired) electrons. The number of halogens is 4. The Balaban J connectivity index is 1.41. The number of fused-ring (bicyclic) bond motifs is 1. The molecular weight excluding hydrogens is 526 g/mol. The second kappa shape index (κ2) is 10.1. The molecule has 2 aromatic rings. The minimum Gasteiger partial charge on any atom is -0.452 e. The monoisotopic (exact) mass is 542 g/mol. The fraction of sp³-hybridized carbons (Fsp3) is 0.304. The van der Waals surface area contributed by atoms with Gasteiger partial charge < -0.3 is 10.1 Å². The average molecular weight is 544 g/mol. The fourth-order valence-corrected chi connectivity index (χ4v) is 4.99. The van der Waals surface area contributed by atoms with Gasteiger partial charge in [-0.1, -0.05) is 29.3 Å². The highest BCUT2D eigenvalue weighted by molar-refractivity contribution is 6.42. The van der Waals surface area contributed by atoms with Crippen LogP contribution in [0.4, 0.5) is 11.4 Å². The van der Waals surface area contributed by atoms with Gasteiger partial charge >= 0.3 is 5.97 Å². The molecule has 34 heavy (non-hydrogen) atoms. The van der Waals surface area contributed by atoms with Crippen LogP contribution in [0, 0.1) is 11.8 Å². The smallest absolute Gasteiger partial charge is 0.338 e. The first-order valence-corrected chi connectivity index (χ1v) is 12.0. The van der Waals surface area contributed by atoms with Gasteiger partial charge in [0.05, 0.1) is 43.9 Å². The third kappa shape index (κ3) is 5.03. The summed E-state index contributed by atoms with van der Waals surface area (Å²) in [6.07, 6.45) is 0.633. The molecule has 4 rings (SSSR count). The Morgan fingerprint density at radius 3 is 2.21 bits per heavy atom. The predicted octanol–water partition coefficient (Wildman–Crippen LogP) is 4.90. The van der Waals surface area contributed by atoms with Gasteiger partial charge in [0.1, 0.15) is 0 Å². The molecular formula is C23H18Cl4N2O5. The number of alkyl halides is 2. The normalized spacial score (nSPS) is 24.1. The topological polar surface area (TPSA) is 92.8 Å². The van der Waals surface area contributed by atoms with Crippen LogP contribution in [-0.2, 0) is 19.1 Å². The summed E-state index contributed by atoms with van der Waals surface area (Å²) < 4.78 is 5.08. The van der Waals surface area contributed by atoms with Gasteiger partial charge in [0.15, 0.2) is 6.61 Å². The number of nitrogens with zero attached hydrogens (tertiary/aromatic N) is 1. The van der Waals surface area contributed by atoms with E-state index in [9.17, 15) is 19.2 Å². The Kier molecular flexibility index (Phi) is 7.38. The average Bonchev–Trinajstić information content (AvgIpc) is 3.04. The highest BCUT2D eigenvalue weighted by Gasteiger charge is 2.52. The van der Waals surface area contributed by atoms with Crippen molar-refractivity contribution >= 4 is 81.5 Å². The van der Waals surface area contributed by atoms with Gasteiger partial charge in [-0.05, 0) is 49.2 Å². The summed E-state index contributed by atoms with van der Waals surface area (Å²) >= 11 is 24.2. The highest BCUT2D eigenvalue weighted by atomic mass is 35.5. The number of imide groups is 1. The lowest BCUT2D eigenvalue weighted by atomic mass is 9.80. The number of anilines is 2. The van der Waals surface area contributed by atoms with E-state index in [0.29, 0.717) is 23.6 Å². The Morgan fingerprint density at radius 1 is 0.941 bits per heavy atom. The standard InChI is InChI=1S/C23H18Cl4N2O5/c24-16-5-4-12(7-17(16)25)28-20(30)10-34-23(33)11-2-1-3-13(6-11)29-21(31)14-8-18(26)19(27)9-15(14)22(29)32/h1-7,14-15,18-19H,8-10H2,(H,28,30)/t14-,15-,18+,19+/m1/s1. The van der Waals surface area contributed by atoms with Crippen LogP contribution in [0.3, 0.4) is 0 Å². The van der Waals surface area contributed by atoms with Crippen LogP contribution in [-0.4, -0.2) is 41.1 Å². The number of hydrogen-bond acceptors (Lipinski definition) is 5. The molecule has 0 unspecified atom stereocenters. The number of esters is 1. The van der Waals surface area contributed by atoms with E-state index in [1.54, 1.807) is 12.1 Å². The first-order valence-electron chi connectivity index (χ1n) is 10.3. The van der Waals surface area contributed by atoms with E-state index in [0.717, 1.165) is 4.90 Å². The Labute approximate surface area is 215 Å². The van der Waals surface area contributed by atoms with E-state index in [-0.39, 0.29) is 28.1 Å². The first-order chi connectivity index (χ1) is 16.2. The van der Waals surface area contributed by atoms with Crippen molar-refractivity contribution in [2.24, 2.45) is 11.8 Å². The molecule has 11 heteroatoms. The quantitative estimate of drug-likeness (QED) is 0.329. The first kappa shape index (κ1) is 24.8. The molecule has 0 bridgehead atoms. The van der Waals surface area contributed by atoms with E-state index >= 15 is 0 Å². The molecule has 1 heterocycles. The zero-order valence-corrected chi connectivity index (χ0v) is 20.5.